The highest BCUT2D eigenvalue weighted by Crippen LogP contribution is 2.36. The highest BCUT2D eigenvalue weighted by molar-refractivity contribution is 5.89. The molecule has 0 fully saturated rings. The third-order valence-electron chi connectivity index (χ3n) is 3.42. The molecule has 0 aromatic heterocycles. The number of halogens is 1. The second-order valence-electron chi connectivity index (χ2n) is 5.67. The molecule has 5 heteroatoms. The summed E-state index contributed by atoms with van der Waals surface area (Å²) in [5.74, 6) is -2.74. The van der Waals surface area contributed by atoms with E-state index in [1.54, 1.807) is 32.9 Å². The molecule has 0 bridgehead atoms. The molecule has 0 aliphatic heterocycles. The molecule has 2 aromatic carbocycles. The van der Waals surface area contributed by atoms with E-state index < -0.39 is 28.9 Å². The fraction of sp³-hybridized carbons (Fsp3) is 0.235. The highest BCUT2D eigenvalue weighted by Gasteiger charge is 2.26. The third kappa shape index (κ3) is 2.74. The van der Waals surface area contributed by atoms with E-state index in [4.69, 9.17) is 4.74 Å². The average molecular weight is 304 g/mol. The van der Waals surface area contributed by atoms with Gasteiger partial charge < -0.3 is 14.9 Å². The quantitative estimate of drug-likeness (QED) is 0.515. The van der Waals surface area contributed by atoms with Gasteiger partial charge in [0.05, 0.1) is 0 Å². The SMILES string of the molecule is C=C(C)C(=O)OC(C)(C)c1ccc2c(F)c(O)c(O)cc2c1. The van der Waals surface area contributed by atoms with Crippen LogP contribution in [0.3, 0.4) is 0 Å². The molecule has 0 heterocycles. The van der Waals surface area contributed by atoms with Gasteiger partial charge in [0.1, 0.15) is 5.60 Å². The van der Waals surface area contributed by atoms with Crippen LogP contribution in [0.1, 0.15) is 26.3 Å². The van der Waals surface area contributed by atoms with Gasteiger partial charge in [-0.15, -0.1) is 0 Å². The highest BCUT2D eigenvalue weighted by atomic mass is 19.1. The largest absolute Gasteiger partial charge is 0.504 e. The van der Waals surface area contributed by atoms with Gasteiger partial charge in [0.2, 0.25) is 0 Å². The van der Waals surface area contributed by atoms with Crippen LogP contribution in [0, 0.1) is 5.82 Å². The van der Waals surface area contributed by atoms with Gasteiger partial charge in [-0.2, -0.15) is 0 Å². The lowest BCUT2D eigenvalue weighted by Crippen LogP contribution is -2.25. The molecule has 0 radical (unpaired) electrons. The molecular formula is C17H17FO4. The van der Waals surface area contributed by atoms with Crippen molar-refractivity contribution in [2.24, 2.45) is 0 Å². The molecule has 0 saturated carbocycles. The first kappa shape index (κ1) is 15.8. The van der Waals surface area contributed by atoms with Crippen LogP contribution < -0.4 is 0 Å². The maximum absolute atomic E-state index is 13.9. The van der Waals surface area contributed by atoms with Gasteiger partial charge >= 0.3 is 5.97 Å². The second kappa shape index (κ2) is 5.33. The van der Waals surface area contributed by atoms with Gasteiger partial charge in [0.25, 0.3) is 0 Å². The predicted octanol–water partition coefficient (Wildman–Crippen LogP) is 3.74. The summed E-state index contributed by atoms with van der Waals surface area (Å²) in [5.41, 5.74) is -0.0460. The van der Waals surface area contributed by atoms with Crippen LogP contribution in [0.5, 0.6) is 11.5 Å². The van der Waals surface area contributed by atoms with E-state index in [0.29, 0.717) is 10.9 Å². The van der Waals surface area contributed by atoms with E-state index >= 15 is 0 Å². The predicted molar refractivity (Wildman–Crippen MR) is 81.2 cm³/mol. The van der Waals surface area contributed by atoms with Crippen molar-refractivity contribution >= 4 is 16.7 Å². The lowest BCUT2D eigenvalue weighted by atomic mass is 9.94. The summed E-state index contributed by atoms with van der Waals surface area (Å²) >= 11 is 0. The molecular weight excluding hydrogens is 287 g/mol. The molecule has 4 nitrogen and oxygen atoms in total. The normalized spacial score (nSPS) is 11.5. The van der Waals surface area contributed by atoms with E-state index in [1.165, 1.54) is 12.1 Å². The monoisotopic (exact) mass is 304 g/mol. The van der Waals surface area contributed by atoms with Gasteiger partial charge in [-0.05, 0) is 43.9 Å². The Morgan fingerprint density at radius 1 is 1.27 bits per heavy atom. The molecule has 0 amide bonds. The summed E-state index contributed by atoms with van der Waals surface area (Å²) in [6.45, 7) is 8.48. The standard InChI is InChI=1S/C17H17FO4/c1-9(2)16(21)22-17(3,4)11-5-6-12-10(7-11)8-13(19)15(20)14(12)18/h5-8,19-20H,1H2,2-4H3. The molecule has 0 unspecified atom stereocenters. The fourth-order valence-corrected chi connectivity index (χ4v) is 2.09. The molecule has 2 aromatic rings. The van der Waals surface area contributed by atoms with Crippen molar-refractivity contribution in [1.29, 1.82) is 0 Å². The molecule has 0 aliphatic rings. The maximum atomic E-state index is 13.9. The fourth-order valence-electron chi connectivity index (χ4n) is 2.09. The molecule has 2 rings (SSSR count). The van der Waals surface area contributed by atoms with E-state index in [-0.39, 0.29) is 11.0 Å². The number of carbonyl (C=O) groups excluding carboxylic acids is 1. The van der Waals surface area contributed by atoms with Crippen LogP contribution in [0.25, 0.3) is 10.8 Å². The minimum Gasteiger partial charge on any atom is -0.504 e. The van der Waals surface area contributed by atoms with Crippen LogP contribution in [0.2, 0.25) is 0 Å². The molecule has 2 N–H and O–H groups in total. The lowest BCUT2D eigenvalue weighted by Gasteiger charge is -2.26. The number of esters is 1. The second-order valence-corrected chi connectivity index (χ2v) is 5.67. The Kier molecular flexibility index (Phi) is 3.83. The first-order chi connectivity index (χ1) is 10.1. The molecule has 0 saturated heterocycles. The van der Waals surface area contributed by atoms with Crippen LogP contribution in [-0.4, -0.2) is 16.2 Å². The Bertz CT molecular complexity index is 778. The number of aromatic hydroxyl groups is 2. The zero-order valence-electron chi connectivity index (χ0n) is 12.6. The van der Waals surface area contributed by atoms with Gasteiger partial charge in [-0.25, -0.2) is 9.18 Å². The van der Waals surface area contributed by atoms with Crippen molar-refractivity contribution in [3.8, 4) is 11.5 Å². The van der Waals surface area contributed by atoms with Crippen molar-refractivity contribution in [2.75, 3.05) is 0 Å². The Labute approximate surface area is 127 Å². The Morgan fingerprint density at radius 3 is 2.50 bits per heavy atom. The topological polar surface area (TPSA) is 66.8 Å². The summed E-state index contributed by atoms with van der Waals surface area (Å²) in [6.07, 6.45) is 0. The van der Waals surface area contributed by atoms with Gasteiger partial charge in [-0.1, -0.05) is 18.7 Å². The van der Waals surface area contributed by atoms with Crippen molar-refractivity contribution in [3.05, 3.63) is 47.8 Å². The van der Waals surface area contributed by atoms with Crippen molar-refractivity contribution < 1.29 is 24.1 Å². The maximum Gasteiger partial charge on any atom is 0.333 e. The van der Waals surface area contributed by atoms with Gasteiger partial charge in [0.15, 0.2) is 17.3 Å². The summed E-state index contributed by atoms with van der Waals surface area (Å²) in [5, 5.41) is 19.5. The summed E-state index contributed by atoms with van der Waals surface area (Å²) in [7, 11) is 0. The van der Waals surface area contributed by atoms with Gasteiger partial charge in [0, 0.05) is 11.0 Å². The van der Waals surface area contributed by atoms with Crippen LogP contribution in [-0.2, 0) is 15.1 Å². The van der Waals surface area contributed by atoms with Crippen LogP contribution in [0.15, 0.2) is 36.4 Å². The first-order valence-corrected chi connectivity index (χ1v) is 6.67. The summed E-state index contributed by atoms with van der Waals surface area (Å²) < 4.78 is 19.3. The number of phenols is 2. The van der Waals surface area contributed by atoms with Crippen molar-refractivity contribution in [2.45, 2.75) is 26.4 Å². The lowest BCUT2D eigenvalue weighted by molar-refractivity contribution is -0.152. The first-order valence-electron chi connectivity index (χ1n) is 6.67. The van der Waals surface area contributed by atoms with E-state index in [0.717, 1.165) is 0 Å². The zero-order valence-corrected chi connectivity index (χ0v) is 12.6. The van der Waals surface area contributed by atoms with Gasteiger partial charge in [-0.3, -0.25) is 0 Å². The zero-order chi connectivity index (χ0) is 16.7. The minimum absolute atomic E-state index is 0.168. The average Bonchev–Trinajstić information content (AvgIpc) is 2.43. The number of hydrogen-bond donors (Lipinski definition) is 2. The van der Waals surface area contributed by atoms with Crippen LogP contribution >= 0.6 is 0 Å². The van der Waals surface area contributed by atoms with E-state index in [9.17, 15) is 19.4 Å². The number of fused-ring (bicyclic) bond motifs is 1. The molecule has 0 spiro atoms. The third-order valence-corrected chi connectivity index (χ3v) is 3.42. The summed E-state index contributed by atoms with van der Waals surface area (Å²) in [4.78, 5) is 11.7. The number of hydrogen-bond acceptors (Lipinski definition) is 4. The number of rotatable bonds is 3. The Morgan fingerprint density at radius 2 is 1.91 bits per heavy atom. The Balaban J connectivity index is 2.51. The smallest absolute Gasteiger partial charge is 0.333 e. The summed E-state index contributed by atoms with van der Waals surface area (Å²) in [6, 6.07) is 5.93. The molecule has 22 heavy (non-hydrogen) atoms. The van der Waals surface area contributed by atoms with E-state index in [2.05, 4.69) is 6.58 Å². The minimum atomic E-state index is -0.950. The van der Waals surface area contributed by atoms with E-state index in [1.807, 2.05) is 0 Å². The molecule has 0 atom stereocenters. The Hall–Kier alpha value is -2.56. The number of ether oxygens (including phenoxy) is 1. The number of benzene rings is 2. The number of carbonyl (C=O) groups is 1. The number of phenolic OH excluding ortho intramolecular Hbond substituents is 2. The van der Waals surface area contributed by atoms with Crippen molar-refractivity contribution in [1.82, 2.24) is 0 Å². The molecule has 116 valence electrons. The van der Waals surface area contributed by atoms with Crippen molar-refractivity contribution in [3.63, 3.8) is 0 Å². The van der Waals surface area contributed by atoms with Crippen LogP contribution in [0.4, 0.5) is 4.39 Å². The molecule has 0 aliphatic carbocycles.